The molecule has 2 aromatic carbocycles. The predicted octanol–water partition coefficient (Wildman–Crippen LogP) is 4.59. The van der Waals surface area contributed by atoms with E-state index in [0.717, 1.165) is 55.9 Å². The summed E-state index contributed by atoms with van der Waals surface area (Å²) in [4.78, 5) is 36.6. The van der Waals surface area contributed by atoms with Crippen molar-refractivity contribution in [2.75, 3.05) is 38.8 Å². The molecule has 0 saturated carbocycles. The Hall–Kier alpha value is -4.35. The van der Waals surface area contributed by atoms with E-state index in [1.54, 1.807) is 14.2 Å². The molecule has 5 aromatic rings. The third-order valence-corrected chi connectivity index (χ3v) is 8.63. The Labute approximate surface area is 254 Å². The standard InChI is InChI=1S/C33H36N6O5/c1-18-22-9-7-8-19-12-34-13-23(27(19)22)28-26(18)29-24(14-35-28)30(37-31(36-29)43-17-25(41-5)42-6)38-15-20-10-11-21(16-38)39(20)32(40)44-33(2,3)4/h7-9,12-14,20-21,25H,1,10-11,15-17H2,2-6H3. The first-order valence-electron chi connectivity index (χ1n) is 14.9. The Morgan fingerprint density at radius 2 is 1.73 bits per heavy atom. The Morgan fingerprint density at radius 3 is 2.43 bits per heavy atom. The highest BCUT2D eigenvalue weighted by molar-refractivity contribution is 6.24. The number of benzene rings is 2. The van der Waals surface area contributed by atoms with Gasteiger partial charge in [-0.1, -0.05) is 24.8 Å². The topological polar surface area (TPSA) is 112 Å². The summed E-state index contributed by atoms with van der Waals surface area (Å²) in [6.07, 6.45) is 6.50. The van der Waals surface area contributed by atoms with Gasteiger partial charge in [0.25, 0.3) is 0 Å². The van der Waals surface area contributed by atoms with E-state index >= 15 is 0 Å². The van der Waals surface area contributed by atoms with Crippen LogP contribution in [-0.2, 0) is 14.2 Å². The fourth-order valence-corrected chi connectivity index (χ4v) is 6.71. The van der Waals surface area contributed by atoms with E-state index in [1.165, 1.54) is 0 Å². The monoisotopic (exact) mass is 596 g/mol. The Bertz CT molecular complexity index is 1940. The molecule has 2 aliphatic rings. The van der Waals surface area contributed by atoms with Crippen LogP contribution in [0.4, 0.5) is 10.6 Å². The van der Waals surface area contributed by atoms with Crippen molar-refractivity contribution in [1.82, 2.24) is 24.8 Å². The number of carbonyl (C=O) groups is 1. The number of carbonyl (C=O) groups excluding carboxylic acids is 1. The van der Waals surface area contributed by atoms with Crippen LogP contribution < -0.4 is 14.9 Å². The van der Waals surface area contributed by atoms with Crippen LogP contribution in [0.1, 0.15) is 33.6 Å². The van der Waals surface area contributed by atoms with Crippen molar-refractivity contribution in [3.05, 3.63) is 42.0 Å². The molecule has 0 aliphatic carbocycles. The number of piperazine rings is 1. The molecule has 7 rings (SSSR count). The third kappa shape index (κ3) is 4.71. The summed E-state index contributed by atoms with van der Waals surface area (Å²) in [5, 5.41) is 6.52. The van der Waals surface area contributed by atoms with Gasteiger partial charge >= 0.3 is 12.1 Å². The number of aromatic nitrogens is 4. The molecular formula is C33H36N6O5. The first kappa shape index (κ1) is 28.4. The van der Waals surface area contributed by atoms with Gasteiger partial charge in [-0.05, 0) is 44.2 Å². The van der Waals surface area contributed by atoms with Crippen LogP contribution >= 0.6 is 0 Å². The zero-order valence-corrected chi connectivity index (χ0v) is 25.7. The SMILES string of the molecule is C=c1c2cccc3cncc(c4ncc5c(N6CC7CCC(C6)N7C(=O)OC(C)(C)C)nc(OCC(OC)OC)nc5c14)c32. The number of pyridine rings is 2. The van der Waals surface area contributed by atoms with Crippen LogP contribution in [0.5, 0.6) is 6.01 Å². The van der Waals surface area contributed by atoms with Crippen LogP contribution in [-0.4, -0.2) is 88.8 Å². The number of amides is 1. The van der Waals surface area contributed by atoms with Gasteiger partial charge in [0.15, 0.2) is 6.29 Å². The number of anilines is 1. The van der Waals surface area contributed by atoms with Crippen molar-refractivity contribution in [2.45, 2.75) is 57.6 Å². The second kappa shape index (κ2) is 10.7. The van der Waals surface area contributed by atoms with Crippen molar-refractivity contribution < 1.29 is 23.7 Å². The van der Waals surface area contributed by atoms with Gasteiger partial charge in [-0.25, -0.2) is 4.79 Å². The highest BCUT2D eigenvalue weighted by Gasteiger charge is 2.45. The lowest BCUT2D eigenvalue weighted by atomic mass is 9.97. The summed E-state index contributed by atoms with van der Waals surface area (Å²) in [6, 6.07) is 6.34. The number of rotatable bonds is 6. The number of fused-ring (bicyclic) bond motifs is 6. The van der Waals surface area contributed by atoms with Crippen molar-refractivity contribution in [2.24, 2.45) is 0 Å². The maximum absolute atomic E-state index is 13.2. The van der Waals surface area contributed by atoms with E-state index in [-0.39, 0.29) is 30.8 Å². The molecule has 2 unspecified atom stereocenters. The first-order valence-corrected chi connectivity index (χ1v) is 14.9. The summed E-state index contributed by atoms with van der Waals surface area (Å²) in [5.74, 6) is 0.704. The largest absolute Gasteiger partial charge is 0.458 e. The zero-order chi connectivity index (χ0) is 30.7. The van der Waals surface area contributed by atoms with Gasteiger partial charge < -0.3 is 23.8 Å². The minimum Gasteiger partial charge on any atom is -0.458 e. The van der Waals surface area contributed by atoms with Crippen LogP contribution in [0.3, 0.4) is 0 Å². The van der Waals surface area contributed by atoms with Gasteiger partial charge in [0.05, 0.1) is 28.5 Å². The van der Waals surface area contributed by atoms with Crippen molar-refractivity contribution in [1.29, 1.82) is 0 Å². The zero-order valence-electron chi connectivity index (χ0n) is 25.7. The number of nitrogens with zero attached hydrogens (tertiary/aromatic N) is 6. The Balaban J connectivity index is 1.39. The molecule has 11 heteroatoms. The van der Waals surface area contributed by atoms with E-state index in [0.29, 0.717) is 24.4 Å². The second-order valence-electron chi connectivity index (χ2n) is 12.5. The quantitative estimate of drug-likeness (QED) is 0.157. The smallest absolute Gasteiger partial charge is 0.410 e. The molecule has 2 atom stereocenters. The van der Waals surface area contributed by atoms with Crippen molar-refractivity contribution >= 4 is 61.8 Å². The van der Waals surface area contributed by atoms with Crippen molar-refractivity contribution in [3.63, 3.8) is 0 Å². The molecule has 0 N–H and O–H groups in total. The molecule has 5 heterocycles. The molecule has 0 spiro atoms. The van der Waals surface area contributed by atoms with Gasteiger partial charge in [0.2, 0.25) is 0 Å². The second-order valence-corrected chi connectivity index (χ2v) is 12.5. The lowest BCUT2D eigenvalue weighted by Gasteiger charge is -2.42. The summed E-state index contributed by atoms with van der Waals surface area (Å²) >= 11 is 0. The molecule has 2 bridgehead atoms. The summed E-state index contributed by atoms with van der Waals surface area (Å²) in [6.45, 7) is 11.5. The average Bonchev–Trinajstić information content (AvgIpc) is 3.28. The van der Waals surface area contributed by atoms with Gasteiger partial charge in [0.1, 0.15) is 18.0 Å². The molecule has 2 aliphatic heterocycles. The maximum atomic E-state index is 13.2. The molecule has 44 heavy (non-hydrogen) atoms. The third-order valence-electron chi connectivity index (χ3n) is 8.63. The van der Waals surface area contributed by atoms with E-state index in [2.05, 4.69) is 22.5 Å². The summed E-state index contributed by atoms with van der Waals surface area (Å²) in [7, 11) is 3.12. The first-order chi connectivity index (χ1) is 21.2. The average molecular weight is 597 g/mol. The summed E-state index contributed by atoms with van der Waals surface area (Å²) in [5.41, 5.74) is 0.910. The highest BCUT2D eigenvalue weighted by atomic mass is 16.7. The lowest BCUT2D eigenvalue weighted by molar-refractivity contribution is -0.123. The van der Waals surface area contributed by atoms with Gasteiger partial charge in [0, 0.05) is 67.4 Å². The Kier molecular flexibility index (Phi) is 6.89. The minimum absolute atomic E-state index is 0.000419. The normalized spacial score (nSPS) is 18.8. The molecule has 0 radical (unpaired) electrons. The Morgan fingerprint density at radius 1 is 0.977 bits per heavy atom. The maximum Gasteiger partial charge on any atom is 0.410 e. The van der Waals surface area contributed by atoms with Crippen LogP contribution in [0, 0.1) is 0 Å². The van der Waals surface area contributed by atoms with E-state index in [1.807, 2.05) is 56.4 Å². The number of hydrogen-bond donors (Lipinski definition) is 0. The van der Waals surface area contributed by atoms with Crippen LogP contribution in [0.15, 0.2) is 36.8 Å². The molecule has 228 valence electrons. The fraction of sp³-hybridized carbons (Fsp3) is 0.424. The number of ether oxygens (including phenoxy) is 4. The molecule has 1 amide bonds. The molecular weight excluding hydrogens is 560 g/mol. The van der Waals surface area contributed by atoms with Gasteiger partial charge in [-0.2, -0.15) is 9.97 Å². The summed E-state index contributed by atoms with van der Waals surface area (Å²) < 4.78 is 22.5. The van der Waals surface area contributed by atoms with Crippen molar-refractivity contribution in [3.8, 4) is 6.01 Å². The number of hydrogen-bond acceptors (Lipinski definition) is 10. The van der Waals surface area contributed by atoms with E-state index in [4.69, 9.17) is 33.9 Å². The van der Waals surface area contributed by atoms with Crippen LogP contribution in [0.2, 0.25) is 0 Å². The molecule has 3 aromatic heterocycles. The highest BCUT2D eigenvalue weighted by Crippen LogP contribution is 2.38. The minimum atomic E-state index is -0.581. The van der Waals surface area contributed by atoms with E-state index < -0.39 is 11.9 Å². The fourth-order valence-electron chi connectivity index (χ4n) is 6.71. The van der Waals surface area contributed by atoms with Gasteiger partial charge in [-0.15, -0.1) is 0 Å². The molecule has 2 fully saturated rings. The number of methoxy groups -OCH3 is 2. The molecule has 11 nitrogen and oxygen atoms in total. The van der Waals surface area contributed by atoms with Crippen LogP contribution in [0.25, 0.3) is 49.9 Å². The van der Waals surface area contributed by atoms with E-state index in [9.17, 15) is 4.79 Å². The molecule has 2 saturated heterocycles. The predicted molar refractivity (Wildman–Crippen MR) is 169 cm³/mol. The van der Waals surface area contributed by atoms with Gasteiger partial charge in [-0.3, -0.25) is 14.9 Å². The lowest BCUT2D eigenvalue weighted by Crippen LogP contribution is -2.57.